The van der Waals surface area contributed by atoms with Gasteiger partial charge >= 0.3 is 6.09 Å². The Bertz CT molecular complexity index is 771. The zero-order chi connectivity index (χ0) is 17.5. The number of amides is 2. The highest BCUT2D eigenvalue weighted by molar-refractivity contribution is 6.06. The minimum atomic E-state index is -0.579. The van der Waals surface area contributed by atoms with Crippen molar-refractivity contribution in [2.24, 2.45) is 0 Å². The largest absolute Gasteiger partial charge is 0.450 e. The van der Waals surface area contributed by atoms with Crippen molar-refractivity contribution >= 4 is 29.2 Å². The molecular formula is C18H18N2O4. The first-order valence-electron chi connectivity index (χ1n) is 7.46. The number of benzene rings is 2. The van der Waals surface area contributed by atoms with Crippen molar-refractivity contribution in [1.29, 1.82) is 0 Å². The van der Waals surface area contributed by atoms with Crippen molar-refractivity contribution in [3.8, 4) is 0 Å². The zero-order valence-corrected chi connectivity index (χ0v) is 13.5. The molecule has 0 aliphatic carbocycles. The number of nitrogens with one attached hydrogen (secondary N) is 2. The molecule has 0 radical (unpaired) electrons. The SMILES string of the molecule is CCOC(=O)Nc1cccc(C(=O)Nc2cccc(C(C)=O)c2)c1. The van der Waals surface area contributed by atoms with Crippen LogP contribution in [0.2, 0.25) is 0 Å². The maximum Gasteiger partial charge on any atom is 0.411 e. The van der Waals surface area contributed by atoms with Gasteiger partial charge in [-0.25, -0.2) is 4.79 Å². The summed E-state index contributed by atoms with van der Waals surface area (Å²) in [5.41, 5.74) is 1.87. The minimum Gasteiger partial charge on any atom is -0.450 e. The first-order valence-corrected chi connectivity index (χ1v) is 7.46. The lowest BCUT2D eigenvalue weighted by atomic mass is 10.1. The predicted molar refractivity (Wildman–Crippen MR) is 91.5 cm³/mol. The average Bonchev–Trinajstić information content (AvgIpc) is 2.55. The van der Waals surface area contributed by atoms with Gasteiger partial charge in [0.05, 0.1) is 6.61 Å². The number of carbonyl (C=O) groups is 3. The summed E-state index contributed by atoms with van der Waals surface area (Å²) in [5.74, 6) is -0.421. The third-order valence-electron chi connectivity index (χ3n) is 3.17. The molecule has 6 heteroatoms. The number of carbonyl (C=O) groups excluding carboxylic acids is 3. The Hall–Kier alpha value is -3.15. The summed E-state index contributed by atoms with van der Waals surface area (Å²) in [6.07, 6.45) is -0.579. The first kappa shape index (κ1) is 17.2. The van der Waals surface area contributed by atoms with E-state index in [0.717, 1.165) is 0 Å². The van der Waals surface area contributed by atoms with Crippen molar-refractivity contribution in [1.82, 2.24) is 0 Å². The summed E-state index contributed by atoms with van der Waals surface area (Å²) in [6, 6.07) is 13.2. The van der Waals surface area contributed by atoms with Gasteiger partial charge < -0.3 is 10.1 Å². The maximum atomic E-state index is 12.3. The number of Topliss-reactive ketones (excluding diaryl/α,β-unsaturated/α-hetero) is 1. The Morgan fingerprint density at radius 3 is 2.12 bits per heavy atom. The molecule has 0 saturated carbocycles. The van der Waals surface area contributed by atoms with Crippen LogP contribution in [0.1, 0.15) is 34.6 Å². The van der Waals surface area contributed by atoms with Crippen LogP contribution in [0.3, 0.4) is 0 Å². The number of ether oxygens (including phenoxy) is 1. The Morgan fingerprint density at radius 1 is 0.917 bits per heavy atom. The molecule has 2 aromatic rings. The van der Waals surface area contributed by atoms with Crippen LogP contribution < -0.4 is 10.6 Å². The van der Waals surface area contributed by atoms with Crippen molar-refractivity contribution in [3.05, 3.63) is 59.7 Å². The van der Waals surface area contributed by atoms with Crippen molar-refractivity contribution in [2.75, 3.05) is 17.2 Å². The number of rotatable bonds is 5. The third-order valence-corrected chi connectivity index (χ3v) is 3.17. The molecule has 2 N–H and O–H groups in total. The highest BCUT2D eigenvalue weighted by Gasteiger charge is 2.09. The van der Waals surface area contributed by atoms with E-state index in [1.165, 1.54) is 6.92 Å². The van der Waals surface area contributed by atoms with Crippen molar-refractivity contribution in [3.63, 3.8) is 0 Å². The Morgan fingerprint density at radius 2 is 1.50 bits per heavy atom. The van der Waals surface area contributed by atoms with Crippen LogP contribution >= 0.6 is 0 Å². The molecule has 0 atom stereocenters. The summed E-state index contributed by atoms with van der Waals surface area (Å²) in [5, 5.41) is 5.26. The van der Waals surface area contributed by atoms with Gasteiger partial charge in [-0.3, -0.25) is 14.9 Å². The molecule has 124 valence electrons. The van der Waals surface area contributed by atoms with Crippen LogP contribution in [0, 0.1) is 0 Å². The molecule has 2 aromatic carbocycles. The van der Waals surface area contributed by atoms with E-state index in [-0.39, 0.29) is 18.3 Å². The minimum absolute atomic E-state index is 0.0771. The zero-order valence-electron chi connectivity index (χ0n) is 13.5. The molecule has 0 aliphatic heterocycles. The molecule has 0 heterocycles. The van der Waals surface area contributed by atoms with Crippen LogP contribution in [0.15, 0.2) is 48.5 Å². The summed E-state index contributed by atoms with van der Waals surface area (Å²) in [7, 11) is 0. The molecule has 0 spiro atoms. The van der Waals surface area contributed by atoms with Crippen LogP contribution in [0.4, 0.5) is 16.2 Å². The van der Waals surface area contributed by atoms with Gasteiger partial charge in [-0.1, -0.05) is 18.2 Å². The molecule has 6 nitrogen and oxygen atoms in total. The van der Waals surface area contributed by atoms with Crippen LogP contribution in [0.5, 0.6) is 0 Å². The Labute approximate surface area is 139 Å². The molecule has 0 saturated heterocycles. The average molecular weight is 326 g/mol. The molecule has 0 aromatic heterocycles. The molecule has 2 rings (SSSR count). The fraction of sp³-hybridized carbons (Fsp3) is 0.167. The summed E-state index contributed by atoms with van der Waals surface area (Å²) in [4.78, 5) is 35.1. The van der Waals surface area contributed by atoms with E-state index in [2.05, 4.69) is 10.6 Å². The van der Waals surface area contributed by atoms with Crippen LogP contribution in [0.25, 0.3) is 0 Å². The van der Waals surface area contributed by atoms with Gasteiger partial charge in [0.2, 0.25) is 0 Å². The van der Waals surface area contributed by atoms with Gasteiger partial charge in [0, 0.05) is 22.5 Å². The summed E-state index contributed by atoms with van der Waals surface area (Å²) >= 11 is 0. The second-order valence-corrected chi connectivity index (χ2v) is 5.02. The molecule has 0 unspecified atom stereocenters. The standard InChI is InChI=1S/C18H18N2O4/c1-3-24-18(23)20-16-9-5-7-14(11-16)17(22)19-15-8-4-6-13(10-15)12(2)21/h4-11H,3H2,1-2H3,(H,19,22)(H,20,23). The molecule has 0 aliphatic rings. The van der Waals surface area contributed by atoms with Crippen molar-refractivity contribution in [2.45, 2.75) is 13.8 Å². The highest BCUT2D eigenvalue weighted by Crippen LogP contribution is 2.15. The van der Waals surface area contributed by atoms with Gasteiger partial charge in [0.15, 0.2) is 5.78 Å². The van der Waals surface area contributed by atoms with E-state index >= 15 is 0 Å². The fourth-order valence-corrected chi connectivity index (χ4v) is 2.04. The summed E-state index contributed by atoms with van der Waals surface area (Å²) < 4.78 is 4.79. The van der Waals surface area contributed by atoms with Crippen molar-refractivity contribution < 1.29 is 19.1 Å². The van der Waals surface area contributed by atoms with E-state index in [0.29, 0.717) is 22.5 Å². The number of hydrogen-bond acceptors (Lipinski definition) is 4. The van der Waals surface area contributed by atoms with Gasteiger partial charge in [-0.2, -0.15) is 0 Å². The summed E-state index contributed by atoms with van der Waals surface area (Å²) in [6.45, 7) is 3.43. The molecule has 24 heavy (non-hydrogen) atoms. The van der Waals surface area contributed by atoms with Gasteiger partial charge in [-0.15, -0.1) is 0 Å². The van der Waals surface area contributed by atoms with Crippen LogP contribution in [-0.4, -0.2) is 24.4 Å². The topological polar surface area (TPSA) is 84.5 Å². The normalized spacial score (nSPS) is 9.92. The first-order chi connectivity index (χ1) is 11.5. The molecule has 2 amide bonds. The van der Waals surface area contributed by atoms with E-state index in [9.17, 15) is 14.4 Å². The molecule has 0 bridgehead atoms. The quantitative estimate of drug-likeness (QED) is 0.820. The van der Waals surface area contributed by atoms with Gasteiger partial charge in [0.25, 0.3) is 5.91 Å². The lowest BCUT2D eigenvalue weighted by Crippen LogP contribution is -2.15. The van der Waals surface area contributed by atoms with Crippen LogP contribution in [-0.2, 0) is 4.74 Å². The second kappa shape index (κ2) is 7.92. The maximum absolute atomic E-state index is 12.3. The number of anilines is 2. The van der Waals surface area contributed by atoms with E-state index in [4.69, 9.17) is 4.74 Å². The monoisotopic (exact) mass is 326 g/mol. The predicted octanol–water partition coefficient (Wildman–Crippen LogP) is 3.71. The number of ketones is 1. The van der Waals surface area contributed by atoms with Gasteiger partial charge in [0.1, 0.15) is 0 Å². The van der Waals surface area contributed by atoms with E-state index in [1.54, 1.807) is 55.5 Å². The third kappa shape index (κ3) is 4.67. The molecular weight excluding hydrogens is 308 g/mol. The Balaban J connectivity index is 2.11. The fourth-order valence-electron chi connectivity index (χ4n) is 2.04. The number of hydrogen-bond donors (Lipinski definition) is 2. The smallest absolute Gasteiger partial charge is 0.411 e. The van der Waals surface area contributed by atoms with E-state index < -0.39 is 6.09 Å². The van der Waals surface area contributed by atoms with E-state index in [1.807, 2.05) is 0 Å². The second-order valence-electron chi connectivity index (χ2n) is 5.02. The van der Waals surface area contributed by atoms with Gasteiger partial charge in [-0.05, 0) is 44.2 Å². The lowest BCUT2D eigenvalue weighted by molar-refractivity contribution is 0.101. The highest BCUT2D eigenvalue weighted by atomic mass is 16.5. The lowest BCUT2D eigenvalue weighted by Gasteiger charge is -2.09. The molecule has 0 fully saturated rings. The Kier molecular flexibility index (Phi) is 5.68.